The quantitative estimate of drug-likeness (QED) is 0.852. The molecule has 2 heterocycles. The molecule has 0 atom stereocenters. The van der Waals surface area contributed by atoms with Crippen LogP contribution in [0, 0.1) is 6.92 Å². The number of imide groups is 1. The first-order valence-corrected chi connectivity index (χ1v) is 7.19. The number of hydrogen-bond donors (Lipinski definition) is 1. The second-order valence-corrected chi connectivity index (χ2v) is 5.54. The number of aryl methyl sites for hydroxylation is 1. The molecule has 0 bridgehead atoms. The molecule has 0 unspecified atom stereocenters. The molecule has 2 aromatic heterocycles. The highest BCUT2D eigenvalue weighted by atomic mass is 32.1. The molecule has 0 saturated heterocycles. The summed E-state index contributed by atoms with van der Waals surface area (Å²) in [5, 5.41) is 3.07. The van der Waals surface area contributed by atoms with Crippen LogP contribution in [0.25, 0.3) is 10.2 Å². The van der Waals surface area contributed by atoms with Gasteiger partial charge in [-0.1, -0.05) is 0 Å². The summed E-state index contributed by atoms with van der Waals surface area (Å²) in [6.07, 6.45) is 1.39. The number of fused-ring (bicyclic) bond motifs is 1. The van der Waals surface area contributed by atoms with Gasteiger partial charge in [-0.2, -0.15) is 0 Å². The Kier molecular flexibility index (Phi) is 4.41. The first-order valence-electron chi connectivity index (χ1n) is 6.38. The fourth-order valence-electron chi connectivity index (χ4n) is 1.96. The fourth-order valence-corrected chi connectivity index (χ4v) is 3.01. The van der Waals surface area contributed by atoms with Gasteiger partial charge in [0.15, 0.2) is 0 Å². The Bertz CT molecular complexity index is 769. The van der Waals surface area contributed by atoms with E-state index in [0.29, 0.717) is 20.7 Å². The van der Waals surface area contributed by atoms with Crippen molar-refractivity contribution in [3.8, 4) is 0 Å². The SMILES string of the molecule is CNC(=O)N(C)C(=O)c1cnc2sc(C(=O)OC)c(C)c2c1. The van der Waals surface area contributed by atoms with Crippen molar-refractivity contribution in [1.29, 1.82) is 0 Å². The van der Waals surface area contributed by atoms with Crippen molar-refractivity contribution in [3.63, 3.8) is 0 Å². The van der Waals surface area contributed by atoms with Gasteiger partial charge in [-0.25, -0.2) is 14.6 Å². The van der Waals surface area contributed by atoms with Crippen molar-refractivity contribution in [2.45, 2.75) is 6.92 Å². The lowest BCUT2D eigenvalue weighted by molar-refractivity contribution is 0.0605. The van der Waals surface area contributed by atoms with Gasteiger partial charge in [0.25, 0.3) is 5.91 Å². The van der Waals surface area contributed by atoms with Gasteiger partial charge in [0.2, 0.25) is 0 Å². The predicted molar refractivity (Wildman–Crippen MR) is 82.2 cm³/mol. The molecule has 0 saturated carbocycles. The van der Waals surface area contributed by atoms with E-state index in [9.17, 15) is 14.4 Å². The minimum absolute atomic E-state index is 0.274. The minimum atomic E-state index is -0.512. The van der Waals surface area contributed by atoms with Crippen LogP contribution in [0.3, 0.4) is 0 Å². The average Bonchev–Trinajstić information content (AvgIpc) is 2.88. The summed E-state index contributed by atoms with van der Waals surface area (Å²) in [5.74, 6) is -0.908. The Hall–Kier alpha value is -2.48. The van der Waals surface area contributed by atoms with E-state index in [1.807, 2.05) is 0 Å². The number of rotatable bonds is 2. The Labute approximate surface area is 130 Å². The normalized spacial score (nSPS) is 10.4. The number of amides is 3. The van der Waals surface area contributed by atoms with Crippen molar-refractivity contribution >= 4 is 39.5 Å². The molecule has 0 aromatic carbocycles. The van der Waals surface area contributed by atoms with Crippen LogP contribution >= 0.6 is 11.3 Å². The summed E-state index contributed by atoms with van der Waals surface area (Å²) in [6, 6.07) is 1.12. The van der Waals surface area contributed by atoms with Crippen LogP contribution in [0.4, 0.5) is 4.79 Å². The smallest absolute Gasteiger partial charge is 0.348 e. The monoisotopic (exact) mass is 321 g/mol. The molecule has 0 aliphatic heterocycles. The van der Waals surface area contributed by atoms with E-state index in [1.54, 1.807) is 13.0 Å². The van der Waals surface area contributed by atoms with Gasteiger partial charge in [-0.3, -0.25) is 9.69 Å². The van der Waals surface area contributed by atoms with Crippen molar-refractivity contribution < 1.29 is 19.1 Å². The summed E-state index contributed by atoms with van der Waals surface area (Å²) in [7, 11) is 4.14. The molecule has 1 N–H and O–H groups in total. The highest BCUT2D eigenvalue weighted by molar-refractivity contribution is 7.20. The van der Waals surface area contributed by atoms with E-state index in [4.69, 9.17) is 4.74 Å². The van der Waals surface area contributed by atoms with E-state index >= 15 is 0 Å². The van der Waals surface area contributed by atoms with Gasteiger partial charge in [-0.05, 0) is 18.6 Å². The number of esters is 1. The molecule has 7 nitrogen and oxygen atoms in total. The maximum atomic E-state index is 12.2. The number of aromatic nitrogens is 1. The Morgan fingerprint density at radius 2 is 2.05 bits per heavy atom. The molecule has 116 valence electrons. The van der Waals surface area contributed by atoms with Crippen molar-refractivity contribution in [2.24, 2.45) is 0 Å². The van der Waals surface area contributed by atoms with E-state index in [-0.39, 0.29) is 5.56 Å². The van der Waals surface area contributed by atoms with Gasteiger partial charge in [0.1, 0.15) is 9.71 Å². The highest BCUT2D eigenvalue weighted by Crippen LogP contribution is 2.30. The van der Waals surface area contributed by atoms with Crippen LogP contribution < -0.4 is 5.32 Å². The first kappa shape index (κ1) is 15.9. The molecule has 22 heavy (non-hydrogen) atoms. The number of urea groups is 1. The third-order valence-corrected chi connectivity index (χ3v) is 4.43. The third kappa shape index (κ3) is 2.64. The fraction of sp³-hybridized carbons (Fsp3) is 0.286. The summed E-state index contributed by atoms with van der Waals surface area (Å²) in [4.78, 5) is 41.7. The number of methoxy groups -OCH3 is 1. The molecule has 2 rings (SSSR count). The molecular weight excluding hydrogens is 306 g/mol. The first-order chi connectivity index (χ1) is 10.4. The largest absolute Gasteiger partial charge is 0.465 e. The van der Waals surface area contributed by atoms with Crippen molar-refractivity contribution in [1.82, 2.24) is 15.2 Å². The third-order valence-electron chi connectivity index (χ3n) is 3.24. The average molecular weight is 321 g/mol. The number of hydrogen-bond acceptors (Lipinski definition) is 6. The lowest BCUT2D eigenvalue weighted by Crippen LogP contribution is -2.39. The lowest BCUT2D eigenvalue weighted by atomic mass is 10.1. The van der Waals surface area contributed by atoms with Gasteiger partial charge in [0.05, 0.1) is 12.7 Å². The van der Waals surface area contributed by atoms with Gasteiger partial charge in [0, 0.05) is 25.7 Å². The second kappa shape index (κ2) is 6.10. The van der Waals surface area contributed by atoms with E-state index in [1.165, 1.54) is 38.7 Å². The molecular formula is C14H15N3O4S. The summed E-state index contributed by atoms with van der Waals surface area (Å²) in [5.41, 5.74) is 0.979. The van der Waals surface area contributed by atoms with Crippen LogP contribution in [0.15, 0.2) is 12.3 Å². The van der Waals surface area contributed by atoms with Crippen LogP contribution in [0.1, 0.15) is 25.6 Å². The standard InChI is InChI=1S/C14H15N3O4S/c1-7-9-5-8(12(18)17(3)14(20)15-2)6-16-11(9)22-10(7)13(19)21-4/h5-6H,1-4H3,(H,15,20). The number of nitrogens with zero attached hydrogens (tertiary/aromatic N) is 2. The lowest BCUT2D eigenvalue weighted by Gasteiger charge is -2.14. The molecule has 3 amide bonds. The maximum Gasteiger partial charge on any atom is 0.348 e. The van der Waals surface area contributed by atoms with E-state index < -0.39 is 17.9 Å². The van der Waals surface area contributed by atoms with Crippen molar-refractivity contribution in [2.75, 3.05) is 21.2 Å². The predicted octanol–water partition coefficient (Wildman–Crippen LogP) is 1.80. The van der Waals surface area contributed by atoms with Crippen LogP contribution in [0.2, 0.25) is 0 Å². The van der Waals surface area contributed by atoms with Crippen LogP contribution in [-0.2, 0) is 4.74 Å². The second-order valence-electron chi connectivity index (χ2n) is 4.54. The summed E-state index contributed by atoms with van der Waals surface area (Å²) in [6.45, 7) is 1.77. The summed E-state index contributed by atoms with van der Waals surface area (Å²) < 4.78 is 4.72. The van der Waals surface area contributed by atoms with E-state index in [0.717, 1.165) is 4.90 Å². The Balaban J connectivity index is 2.46. The van der Waals surface area contributed by atoms with Gasteiger partial charge in [-0.15, -0.1) is 11.3 Å². The van der Waals surface area contributed by atoms with Gasteiger partial charge >= 0.3 is 12.0 Å². The zero-order valence-electron chi connectivity index (χ0n) is 12.6. The zero-order valence-corrected chi connectivity index (χ0v) is 13.4. The topological polar surface area (TPSA) is 88.6 Å². The van der Waals surface area contributed by atoms with E-state index in [2.05, 4.69) is 10.3 Å². The van der Waals surface area contributed by atoms with Gasteiger partial charge < -0.3 is 10.1 Å². The minimum Gasteiger partial charge on any atom is -0.465 e. The zero-order chi connectivity index (χ0) is 16.4. The molecule has 0 aliphatic rings. The number of carbonyl (C=O) groups is 3. The summed E-state index contributed by atoms with van der Waals surface area (Å²) >= 11 is 1.21. The number of nitrogens with one attached hydrogen (secondary N) is 1. The molecule has 0 spiro atoms. The molecule has 8 heteroatoms. The van der Waals surface area contributed by atoms with Crippen molar-refractivity contribution in [3.05, 3.63) is 28.3 Å². The number of thiophene rings is 1. The highest BCUT2D eigenvalue weighted by Gasteiger charge is 2.21. The molecule has 0 fully saturated rings. The molecule has 2 aromatic rings. The number of carbonyl (C=O) groups excluding carboxylic acids is 3. The maximum absolute atomic E-state index is 12.2. The van der Waals surface area contributed by atoms with Crippen LogP contribution in [-0.4, -0.2) is 49.0 Å². The Morgan fingerprint density at radius 1 is 1.36 bits per heavy atom. The number of ether oxygens (including phenoxy) is 1. The molecule has 0 radical (unpaired) electrons. The number of pyridine rings is 1. The molecule has 0 aliphatic carbocycles. The van der Waals surface area contributed by atoms with Crippen LogP contribution in [0.5, 0.6) is 0 Å². The Morgan fingerprint density at radius 3 is 2.64 bits per heavy atom.